The van der Waals surface area contributed by atoms with E-state index in [0.717, 1.165) is 28.7 Å². The van der Waals surface area contributed by atoms with Gasteiger partial charge in [0.15, 0.2) is 0 Å². The highest BCUT2D eigenvalue weighted by Gasteiger charge is 2.56. The lowest BCUT2D eigenvalue weighted by Crippen LogP contribution is -2.33. The molecule has 3 heterocycles. The van der Waals surface area contributed by atoms with Gasteiger partial charge in [-0.1, -0.05) is 46.8 Å². The van der Waals surface area contributed by atoms with Gasteiger partial charge < -0.3 is 10.1 Å². The molecular weight excluding hydrogens is 589 g/mol. The highest BCUT2D eigenvalue weighted by atomic mass is 35.5. The summed E-state index contributed by atoms with van der Waals surface area (Å²) in [5, 5.41) is 2.79. The quantitative estimate of drug-likeness (QED) is 0.304. The second-order valence-electron chi connectivity index (χ2n) is 9.48. The van der Waals surface area contributed by atoms with Crippen molar-refractivity contribution in [2.45, 2.75) is 22.7 Å². The molecule has 0 bridgehead atoms. The molecule has 0 aliphatic carbocycles. The minimum absolute atomic E-state index is 0.315. The van der Waals surface area contributed by atoms with Gasteiger partial charge in [0.1, 0.15) is 23.4 Å². The largest absolute Gasteiger partial charge is 0.497 e. The van der Waals surface area contributed by atoms with Gasteiger partial charge in [-0.15, -0.1) is 0 Å². The number of carbonyl (C=O) groups excluding carboxylic acids is 3. The van der Waals surface area contributed by atoms with Crippen LogP contribution in [0, 0.1) is 11.7 Å². The summed E-state index contributed by atoms with van der Waals surface area (Å²) in [5.74, 6) is -2.46. The summed E-state index contributed by atoms with van der Waals surface area (Å²) < 4.78 is 19.9. The predicted octanol–water partition coefficient (Wildman–Crippen LogP) is 5.15. The Morgan fingerprint density at radius 2 is 1.66 bits per heavy atom. The Balaban J connectivity index is 1.40. The van der Waals surface area contributed by atoms with Crippen molar-refractivity contribution in [3.63, 3.8) is 0 Å². The van der Waals surface area contributed by atoms with Gasteiger partial charge in [-0.3, -0.25) is 23.7 Å². The zero-order chi connectivity index (χ0) is 28.8. The summed E-state index contributed by atoms with van der Waals surface area (Å²) in [7, 11) is 1.55. The summed E-state index contributed by atoms with van der Waals surface area (Å²) in [4.78, 5) is 55.2. The topological polar surface area (TPSA) is 97.7 Å². The fourth-order valence-corrected chi connectivity index (χ4v) is 8.05. The highest BCUT2D eigenvalue weighted by Crippen LogP contribution is 2.54. The van der Waals surface area contributed by atoms with E-state index >= 15 is 0 Å². The van der Waals surface area contributed by atoms with E-state index in [0.29, 0.717) is 32.1 Å². The fourth-order valence-electron chi connectivity index (χ4n) is 5.15. The van der Waals surface area contributed by atoms with E-state index in [4.69, 9.17) is 16.3 Å². The molecule has 1 fully saturated rings. The van der Waals surface area contributed by atoms with E-state index in [2.05, 4.69) is 5.32 Å². The van der Waals surface area contributed by atoms with Crippen LogP contribution in [-0.2, 0) is 20.9 Å². The van der Waals surface area contributed by atoms with E-state index in [-0.39, 0.29) is 17.3 Å². The monoisotopic (exact) mass is 609 g/mol. The summed E-state index contributed by atoms with van der Waals surface area (Å²) in [5.41, 5.74) is 1.53. The van der Waals surface area contributed by atoms with Crippen molar-refractivity contribution in [3.8, 4) is 5.75 Å². The Morgan fingerprint density at radius 1 is 0.976 bits per heavy atom. The predicted molar refractivity (Wildman–Crippen MR) is 156 cm³/mol. The molecule has 2 aliphatic heterocycles. The van der Waals surface area contributed by atoms with Crippen LogP contribution >= 0.6 is 34.7 Å². The number of ether oxygens (including phenoxy) is 1. The van der Waals surface area contributed by atoms with Crippen LogP contribution in [0.25, 0.3) is 0 Å². The number of benzene rings is 3. The lowest BCUT2D eigenvalue weighted by atomic mass is 9.83. The maximum Gasteiger partial charge on any atom is 0.308 e. The van der Waals surface area contributed by atoms with Crippen molar-refractivity contribution in [3.05, 3.63) is 104 Å². The maximum absolute atomic E-state index is 13.9. The van der Waals surface area contributed by atoms with Crippen molar-refractivity contribution in [2.24, 2.45) is 5.92 Å². The molecule has 3 amide bonds. The van der Waals surface area contributed by atoms with E-state index in [1.54, 1.807) is 43.5 Å². The number of imide groups is 1. The molecule has 1 N–H and O–H groups in total. The van der Waals surface area contributed by atoms with E-state index < -0.39 is 34.7 Å². The number of anilines is 2. The summed E-state index contributed by atoms with van der Waals surface area (Å²) in [6.45, 7) is -0.315. The number of nitrogens with one attached hydrogen (secondary N) is 1. The molecule has 1 saturated heterocycles. The van der Waals surface area contributed by atoms with Crippen molar-refractivity contribution < 1.29 is 23.5 Å². The molecule has 0 spiro atoms. The fraction of sp³-hybridized carbons (Fsp3) is 0.172. The molecule has 1 aromatic heterocycles. The van der Waals surface area contributed by atoms with Crippen LogP contribution in [0.4, 0.5) is 15.8 Å². The number of halogens is 2. The van der Waals surface area contributed by atoms with Crippen LogP contribution in [0.1, 0.15) is 16.4 Å². The first kappa shape index (κ1) is 27.3. The molecule has 8 nitrogen and oxygen atoms in total. The minimum Gasteiger partial charge on any atom is -0.497 e. The van der Waals surface area contributed by atoms with Crippen molar-refractivity contribution in [2.75, 3.05) is 17.3 Å². The van der Waals surface area contributed by atoms with Gasteiger partial charge in [0.05, 0.1) is 23.7 Å². The third-order valence-corrected chi connectivity index (χ3v) is 9.89. The molecule has 41 heavy (non-hydrogen) atoms. The van der Waals surface area contributed by atoms with Crippen LogP contribution in [0.5, 0.6) is 5.75 Å². The van der Waals surface area contributed by atoms with Crippen LogP contribution in [-0.4, -0.2) is 34.6 Å². The van der Waals surface area contributed by atoms with Gasteiger partial charge in [-0.2, -0.15) is 0 Å². The Kier molecular flexibility index (Phi) is 7.18. The second kappa shape index (κ2) is 10.8. The molecule has 0 unspecified atom stereocenters. The molecule has 0 saturated carbocycles. The minimum atomic E-state index is -0.821. The van der Waals surface area contributed by atoms with Gasteiger partial charge in [-0.05, 0) is 66.2 Å². The van der Waals surface area contributed by atoms with Crippen LogP contribution in [0.3, 0.4) is 0 Å². The Hall–Kier alpha value is -3.93. The first-order valence-corrected chi connectivity index (χ1v) is 14.6. The van der Waals surface area contributed by atoms with Crippen LogP contribution < -0.4 is 19.8 Å². The van der Waals surface area contributed by atoms with E-state index in [1.807, 2.05) is 12.1 Å². The lowest BCUT2D eigenvalue weighted by Gasteiger charge is -2.30. The zero-order valence-corrected chi connectivity index (χ0v) is 23.8. The average molecular weight is 610 g/mol. The standard InChI is InChI=1S/C29H21ClFN3O5S2/c1-39-20-12-2-15(3-13-20)22-23-24(27(37)34(26(23)36)19-10-4-16(30)5-11-19)40-28-25(22)41-29(38)33(28)14-21(35)32-18-8-6-17(31)7-9-18/h2-13,22-24H,14H2,1H3,(H,32,35)/t22-,23+,24-/m0/s1. The van der Waals surface area contributed by atoms with E-state index in [9.17, 15) is 23.6 Å². The zero-order valence-electron chi connectivity index (χ0n) is 21.4. The smallest absolute Gasteiger partial charge is 0.308 e. The number of methoxy groups -OCH3 is 1. The normalized spacial score (nSPS) is 19.6. The highest BCUT2D eigenvalue weighted by molar-refractivity contribution is 8.00. The summed E-state index contributed by atoms with van der Waals surface area (Å²) in [6.07, 6.45) is 0. The number of amides is 3. The Bertz CT molecular complexity index is 1720. The lowest BCUT2D eigenvalue weighted by molar-refractivity contribution is -0.122. The molecule has 3 aromatic carbocycles. The molecule has 12 heteroatoms. The third-order valence-electron chi connectivity index (χ3n) is 7.04. The first-order chi connectivity index (χ1) is 19.7. The molecule has 4 aromatic rings. The van der Waals surface area contributed by atoms with Crippen LogP contribution in [0.15, 0.2) is 82.6 Å². The van der Waals surface area contributed by atoms with E-state index in [1.165, 1.54) is 33.7 Å². The molecule has 3 atom stereocenters. The van der Waals surface area contributed by atoms with Crippen molar-refractivity contribution in [1.29, 1.82) is 0 Å². The summed E-state index contributed by atoms with van der Waals surface area (Å²) >= 11 is 8.12. The first-order valence-electron chi connectivity index (χ1n) is 12.5. The van der Waals surface area contributed by atoms with Gasteiger partial charge in [0.25, 0.3) is 0 Å². The summed E-state index contributed by atoms with van der Waals surface area (Å²) in [6, 6.07) is 18.9. The Morgan fingerprint density at radius 3 is 2.32 bits per heavy atom. The molecular formula is C29H21ClFN3O5S2. The molecule has 0 radical (unpaired) electrons. The van der Waals surface area contributed by atoms with Gasteiger partial charge in [-0.25, -0.2) is 9.29 Å². The number of carbonyl (C=O) groups is 3. The second-order valence-corrected chi connectivity index (χ2v) is 12.0. The van der Waals surface area contributed by atoms with Crippen molar-refractivity contribution in [1.82, 2.24) is 4.57 Å². The number of fused-ring (bicyclic) bond motifs is 2. The number of rotatable bonds is 6. The number of hydrogen-bond acceptors (Lipinski definition) is 7. The van der Waals surface area contributed by atoms with Gasteiger partial charge >= 0.3 is 4.87 Å². The number of aromatic nitrogens is 1. The average Bonchev–Trinajstić information content (AvgIpc) is 3.41. The third kappa shape index (κ3) is 4.94. The number of nitrogens with zero attached hydrogens (tertiary/aromatic N) is 2. The molecule has 2 aliphatic rings. The van der Waals surface area contributed by atoms with Gasteiger partial charge in [0.2, 0.25) is 17.7 Å². The van der Waals surface area contributed by atoms with Crippen molar-refractivity contribution >= 4 is 63.8 Å². The number of thiazole rings is 1. The molecule has 208 valence electrons. The number of thioether (sulfide) groups is 1. The van der Waals surface area contributed by atoms with Crippen LogP contribution in [0.2, 0.25) is 5.02 Å². The maximum atomic E-state index is 13.9. The SMILES string of the molecule is COc1ccc([C@@H]2c3sc(=O)n(CC(=O)Nc4ccc(F)cc4)c3S[C@@H]3C(=O)N(c4ccc(Cl)cc4)C(=O)[C@H]23)cc1. The Labute approximate surface area is 246 Å². The number of hydrogen-bond donors (Lipinski definition) is 1. The molecule has 6 rings (SSSR count). The van der Waals surface area contributed by atoms with Gasteiger partial charge in [0, 0.05) is 21.5 Å².